The normalized spacial score (nSPS) is 11.2. The predicted octanol–water partition coefficient (Wildman–Crippen LogP) is 2.94. The molecule has 0 saturated carbocycles. The summed E-state index contributed by atoms with van der Waals surface area (Å²) in [6.07, 6.45) is 0.900. The van der Waals surface area contributed by atoms with Crippen molar-refractivity contribution in [3.63, 3.8) is 0 Å². The van der Waals surface area contributed by atoms with E-state index in [1.54, 1.807) is 12.1 Å². The van der Waals surface area contributed by atoms with Crippen molar-refractivity contribution in [1.29, 1.82) is 0 Å². The molecule has 134 valence electrons. The third-order valence-electron chi connectivity index (χ3n) is 3.23. The van der Waals surface area contributed by atoms with E-state index in [9.17, 15) is 13.2 Å². The number of sulfonamides is 1. The van der Waals surface area contributed by atoms with Crippen molar-refractivity contribution in [1.82, 2.24) is 10.3 Å². The number of carbonyl (C=O) groups excluding carboxylic acids is 1. The molecule has 2 aromatic carbocycles. The molecular formula is C16H16Cl2N2O4S. The number of hydrogen-bond donors (Lipinski definition) is 2. The average Bonchev–Trinajstić information content (AvgIpc) is 2.61. The molecule has 0 saturated heterocycles. The van der Waals surface area contributed by atoms with Gasteiger partial charge in [0.15, 0.2) is 6.61 Å². The molecule has 0 aliphatic rings. The second-order valence-corrected chi connectivity index (χ2v) is 7.51. The Morgan fingerprint density at radius 2 is 1.76 bits per heavy atom. The Balaban J connectivity index is 1.88. The summed E-state index contributed by atoms with van der Waals surface area (Å²) < 4.78 is 29.4. The number of ether oxygens (including phenoxy) is 1. The molecule has 0 aromatic heterocycles. The van der Waals surface area contributed by atoms with E-state index in [4.69, 9.17) is 27.9 Å². The van der Waals surface area contributed by atoms with Gasteiger partial charge in [-0.1, -0.05) is 42.3 Å². The molecule has 0 bridgehead atoms. The number of hydrazine groups is 1. The van der Waals surface area contributed by atoms with Gasteiger partial charge in [-0.3, -0.25) is 10.2 Å². The molecule has 2 rings (SSSR count). The maximum absolute atomic E-state index is 12.1. The molecule has 0 atom stereocenters. The van der Waals surface area contributed by atoms with E-state index in [1.807, 2.05) is 23.9 Å². The Hall–Kier alpha value is -1.80. The van der Waals surface area contributed by atoms with Crippen LogP contribution < -0.4 is 15.0 Å². The first-order valence-corrected chi connectivity index (χ1v) is 9.53. The Labute approximate surface area is 156 Å². The lowest BCUT2D eigenvalue weighted by molar-refractivity contribution is -0.123. The topological polar surface area (TPSA) is 84.5 Å². The summed E-state index contributed by atoms with van der Waals surface area (Å²) >= 11 is 11.5. The largest absolute Gasteiger partial charge is 0.484 e. The lowest BCUT2D eigenvalue weighted by Gasteiger charge is -2.10. The minimum Gasteiger partial charge on any atom is -0.484 e. The second-order valence-electron chi connectivity index (χ2n) is 5.02. The van der Waals surface area contributed by atoms with Crippen LogP contribution in [0.1, 0.15) is 12.5 Å². The first-order chi connectivity index (χ1) is 11.8. The Bertz CT molecular complexity index is 855. The number of benzene rings is 2. The van der Waals surface area contributed by atoms with Crippen molar-refractivity contribution >= 4 is 39.1 Å². The van der Waals surface area contributed by atoms with Gasteiger partial charge in [-0.15, -0.1) is 4.83 Å². The highest BCUT2D eigenvalue weighted by atomic mass is 35.5. The lowest BCUT2D eigenvalue weighted by atomic mass is 10.2. The molecule has 0 heterocycles. The van der Waals surface area contributed by atoms with Gasteiger partial charge in [0.25, 0.3) is 15.9 Å². The third-order valence-corrected chi connectivity index (χ3v) is 5.21. The molecule has 0 unspecified atom stereocenters. The Morgan fingerprint density at radius 3 is 2.36 bits per heavy atom. The first kappa shape index (κ1) is 19.5. The summed E-state index contributed by atoms with van der Waals surface area (Å²) in [6, 6.07) is 11.1. The number of rotatable bonds is 7. The maximum atomic E-state index is 12.1. The third kappa shape index (κ3) is 5.61. The SMILES string of the molecule is CCc1ccc(OCC(=O)NNS(=O)(=O)c2ccc(Cl)c(Cl)c2)cc1. The van der Waals surface area contributed by atoms with E-state index in [1.165, 1.54) is 18.2 Å². The fraction of sp³-hybridized carbons (Fsp3) is 0.188. The molecule has 0 fully saturated rings. The van der Waals surface area contributed by atoms with Crippen LogP contribution in [0.3, 0.4) is 0 Å². The minimum absolute atomic E-state index is 0.0923. The summed E-state index contributed by atoms with van der Waals surface area (Å²) in [6.45, 7) is 1.69. The van der Waals surface area contributed by atoms with Crippen molar-refractivity contribution in [2.24, 2.45) is 0 Å². The minimum atomic E-state index is -3.97. The van der Waals surface area contributed by atoms with Gasteiger partial charge in [0.05, 0.1) is 14.9 Å². The van der Waals surface area contributed by atoms with E-state index >= 15 is 0 Å². The lowest BCUT2D eigenvalue weighted by Crippen LogP contribution is -2.43. The Morgan fingerprint density at radius 1 is 1.08 bits per heavy atom. The molecular weight excluding hydrogens is 387 g/mol. The van der Waals surface area contributed by atoms with Crippen LogP contribution >= 0.6 is 23.2 Å². The fourth-order valence-electron chi connectivity index (χ4n) is 1.83. The summed E-state index contributed by atoms with van der Waals surface area (Å²) in [4.78, 5) is 13.6. The highest BCUT2D eigenvalue weighted by Gasteiger charge is 2.16. The van der Waals surface area contributed by atoms with Crippen LogP contribution in [-0.2, 0) is 21.2 Å². The predicted molar refractivity (Wildman–Crippen MR) is 96.2 cm³/mol. The zero-order valence-corrected chi connectivity index (χ0v) is 15.6. The zero-order valence-electron chi connectivity index (χ0n) is 13.3. The molecule has 6 nitrogen and oxygen atoms in total. The summed E-state index contributed by atoms with van der Waals surface area (Å²) in [5.74, 6) is -0.136. The number of amides is 1. The number of aryl methyl sites for hydroxylation is 1. The van der Waals surface area contributed by atoms with Crippen molar-refractivity contribution in [3.05, 3.63) is 58.1 Å². The first-order valence-electron chi connectivity index (χ1n) is 7.29. The summed E-state index contributed by atoms with van der Waals surface area (Å²) in [7, 11) is -3.97. The molecule has 1 amide bonds. The van der Waals surface area contributed by atoms with E-state index < -0.39 is 15.9 Å². The van der Waals surface area contributed by atoms with E-state index in [0.29, 0.717) is 5.75 Å². The molecule has 9 heteroatoms. The second kappa shape index (κ2) is 8.53. The van der Waals surface area contributed by atoms with Gasteiger partial charge in [-0.05, 0) is 42.3 Å². The monoisotopic (exact) mass is 402 g/mol. The van der Waals surface area contributed by atoms with Gasteiger partial charge in [-0.25, -0.2) is 8.42 Å². The van der Waals surface area contributed by atoms with Crippen LogP contribution in [0.15, 0.2) is 47.4 Å². The van der Waals surface area contributed by atoms with Gasteiger partial charge in [0, 0.05) is 0 Å². The quantitative estimate of drug-likeness (QED) is 0.697. The van der Waals surface area contributed by atoms with Crippen molar-refractivity contribution in [3.8, 4) is 5.75 Å². The molecule has 0 radical (unpaired) electrons. The van der Waals surface area contributed by atoms with Gasteiger partial charge in [0.2, 0.25) is 0 Å². The van der Waals surface area contributed by atoms with E-state index in [0.717, 1.165) is 12.0 Å². The smallest absolute Gasteiger partial charge is 0.272 e. The summed E-state index contributed by atoms with van der Waals surface area (Å²) in [5.41, 5.74) is 3.21. The van der Waals surface area contributed by atoms with Crippen LogP contribution in [0.25, 0.3) is 0 Å². The van der Waals surface area contributed by atoms with Crippen LogP contribution in [0.4, 0.5) is 0 Å². The molecule has 0 spiro atoms. The van der Waals surface area contributed by atoms with Crippen LogP contribution in [-0.4, -0.2) is 20.9 Å². The van der Waals surface area contributed by atoms with Crippen LogP contribution in [0.2, 0.25) is 10.0 Å². The molecule has 25 heavy (non-hydrogen) atoms. The highest BCUT2D eigenvalue weighted by Crippen LogP contribution is 2.24. The molecule has 0 aliphatic heterocycles. The van der Waals surface area contributed by atoms with Crippen molar-refractivity contribution in [2.75, 3.05) is 6.61 Å². The van der Waals surface area contributed by atoms with E-state index in [2.05, 4.69) is 5.43 Å². The van der Waals surface area contributed by atoms with Gasteiger partial charge >= 0.3 is 0 Å². The van der Waals surface area contributed by atoms with Crippen LogP contribution in [0, 0.1) is 0 Å². The molecule has 2 aromatic rings. The molecule has 0 aliphatic carbocycles. The van der Waals surface area contributed by atoms with E-state index in [-0.39, 0.29) is 21.5 Å². The van der Waals surface area contributed by atoms with Crippen LogP contribution in [0.5, 0.6) is 5.75 Å². The highest BCUT2D eigenvalue weighted by molar-refractivity contribution is 7.89. The van der Waals surface area contributed by atoms with Gasteiger partial charge in [-0.2, -0.15) is 0 Å². The van der Waals surface area contributed by atoms with Gasteiger partial charge in [0.1, 0.15) is 5.75 Å². The molecule has 2 N–H and O–H groups in total. The standard InChI is InChI=1S/C16H16Cl2N2O4S/c1-2-11-3-5-12(6-4-11)24-10-16(21)19-20-25(22,23)13-7-8-14(17)15(18)9-13/h3-9,20H,2,10H2,1H3,(H,19,21). The number of hydrogen-bond acceptors (Lipinski definition) is 4. The van der Waals surface area contributed by atoms with Gasteiger partial charge < -0.3 is 4.74 Å². The zero-order chi connectivity index (χ0) is 18.4. The maximum Gasteiger partial charge on any atom is 0.272 e. The Kier molecular flexibility index (Phi) is 6.66. The number of halogens is 2. The average molecular weight is 403 g/mol. The summed E-state index contributed by atoms with van der Waals surface area (Å²) in [5, 5.41) is 0.321. The number of nitrogens with one attached hydrogen (secondary N) is 2. The van der Waals surface area contributed by atoms with Crippen molar-refractivity contribution in [2.45, 2.75) is 18.2 Å². The van der Waals surface area contributed by atoms with Crippen molar-refractivity contribution < 1.29 is 17.9 Å². The fourth-order valence-corrected chi connectivity index (χ4v) is 3.08. The number of carbonyl (C=O) groups is 1.